The zero-order chi connectivity index (χ0) is 17.9. The Morgan fingerprint density at radius 1 is 1.04 bits per heavy atom. The molecule has 0 bridgehead atoms. The highest BCUT2D eigenvalue weighted by atomic mass is 16.5. The molecular formula is C20H27N2O3+. The Morgan fingerprint density at radius 2 is 1.72 bits per heavy atom. The molecule has 2 aromatic carbocycles. The van der Waals surface area contributed by atoms with Crippen molar-refractivity contribution in [1.29, 1.82) is 0 Å². The Balaban J connectivity index is 1.70. The lowest BCUT2D eigenvalue weighted by atomic mass is 10.2. The van der Waals surface area contributed by atoms with Crippen LogP contribution in [0.25, 0.3) is 0 Å². The Labute approximate surface area is 149 Å². The lowest BCUT2D eigenvalue weighted by Gasteiger charge is -2.17. The van der Waals surface area contributed by atoms with Gasteiger partial charge in [0, 0.05) is 5.56 Å². The van der Waals surface area contributed by atoms with E-state index in [1.165, 1.54) is 10.5 Å². The average molecular weight is 343 g/mol. The third kappa shape index (κ3) is 6.47. The van der Waals surface area contributed by atoms with Gasteiger partial charge in [-0.05, 0) is 19.1 Å². The molecule has 1 amide bonds. The minimum atomic E-state index is 0.0383. The zero-order valence-electron chi connectivity index (χ0n) is 15.0. The number of rotatable bonds is 10. The standard InChI is InChI=1S/C20H26N2O3/c1-3-22(15-17-9-5-4-6-10-17)16-20(23)21-13-14-25-19-12-8-7-11-18(19)24-2/h4-12H,3,13-16H2,1-2H3,(H,21,23)/p+1. The largest absolute Gasteiger partial charge is 0.493 e. The minimum Gasteiger partial charge on any atom is -0.493 e. The van der Waals surface area contributed by atoms with Crippen molar-refractivity contribution in [3.05, 3.63) is 60.2 Å². The van der Waals surface area contributed by atoms with Crippen molar-refractivity contribution >= 4 is 5.91 Å². The van der Waals surface area contributed by atoms with Gasteiger partial charge >= 0.3 is 0 Å². The van der Waals surface area contributed by atoms with Gasteiger partial charge in [0.1, 0.15) is 13.2 Å². The number of carbonyl (C=O) groups excluding carboxylic acids is 1. The quantitative estimate of drug-likeness (QED) is 0.639. The number of ether oxygens (including phenoxy) is 2. The molecule has 0 aliphatic carbocycles. The predicted molar refractivity (Wildman–Crippen MR) is 98.0 cm³/mol. The number of carbonyl (C=O) groups is 1. The molecule has 0 aliphatic heterocycles. The van der Waals surface area contributed by atoms with Crippen molar-refractivity contribution in [2.75, 3.05) is 33.4 Å². The van der Waals surface area contributed by atoms with E-state index in [-0.39, 0.29) is 5.91 Å². The van der Waals surface area contributed by atoms with Gasteiger partial charge in [0.05, 0.1) is 20.2 Å². The molecule has 25 heavy (non-hydrogen) atoms. The van der Waals surface area contributed by atoms with Crippen LogP contribution in [0.3, 0.4) is 0 Å². The van der Waals surface area contributed by atoms with Gasteiger partial charge < -0.3 is 19.7 Å². The maximum Gasteiger partial charge on any atom is 0.275 e. The number of methoxy groups -OCH3 is 1. The Hall–Kier alpha value is -2.53. The summed E-state index contributed by atoms with van der Waals surface area (Å²) < 4.78 is 10.9. The van der Waals surface area contributed by atoms with Gasteiger partial charge in [-0.25, -0.2) is 0 Å². The SMILES string of the molecule is CC[NH+](CC(=O)NCCOc1ccccc1OC)Cc1ccccc1. The van der Waals surface area contributed by atoms with Gasteiger partial charge in [-0.1, -0.05) is 42.5 Å². The second-order valence-electron chi connectivity index (χ2n) is 5.79. The molecule has 5 nitrogen and oxygen atoms in total. The second-order valence-corrected chi connectivity index (χ2v) is 5.79. The summed E-state index contributed by atoms with van der Waals surface area (Å²) in [6.07, 6.45) is 0. The molecule has 0 aromatic heterocycles. The van der Waals surface area contributed by atoms with Crippen molar-refractivity contribution in [2.24, 2.45) is 0 Å². The average Bonchev–Trinajstić information content (AvgIpc) is 2.65. The third-order valence-corrected chi connectivity index (χ3v) is 3.96. The van der Waals surface area contributed by atoms with Crippen LogP contribution < -0.4 is 19.7 Å². The van der Waals surface area contributed by atoms with Crippen LogP contribution >= 0.6 is 0 Å². The van der Waals surface area contributed by atoms with Crippen LogP contribution in [0.4, 0.5) is 0 Å². The highest BCUT2D eigenvalue weighted by molar-refractivity contribution is 5.76. The summed E-state index contributed by atoms with van der Waals surface area (Å²) in [7, 11) is 1.61. The van der Waals surface area contributed by atoms with E-state index in [4.69, 9.17) is 9.47 Å². The van der Waals surface area contributed by atoms with Crippen molar-refractivity contribution in [1.82, 2.24) is 5.32 Å². The highest BCUT2D eigenvalue weighted by Crippen LogP contribution is 2.25. The first-order valence-electron chi connectivity index (χ1n) is 8.63. The summed E-state index contributed by atoms with van der Waals surface area (Å²) in [5.41, 5.74) is 1.24. The fourth-order valence-electron chi connectivity index (χ4n) is 2.58. The fourth-order valence-corrected chi connectivity index (χ4v) is 2.58. The van der Waals surface area contributed by atoms with Crippen LogP contribution in [0.1, 0.15) is 12.5 Å². The van der Waals surface area contributed by atoms with E-state index in [1.54, 1.807) is 7.11 Å². The molecule has 0 saturated carbocycles. The van der Waals surface area contributed by atoms with E-state index in [0.717, 1.165) is 13.1 Å². The zero-order valence-corrected chi connectivity index (χ0v) is 15.0. The molecule has 0 heterocycles. The number of benzene rings is 2. The molecule has 0 saturated heterocycles. The fraction of sp³-hybridized carbons (Fsp3) is 0.350. The molecule has 0 spiro atoms. The van der Waals surface area contributed by atoms with E-state index < -0.39 is 0 Å². The monoisotopic (exact) mass is 343 g/mol. The van der Waals surface area contributed by atoms with Gasteiger partial charge in [-0.2, -0.15) is 0 Å². The molecule has 134 valence electrons. The molecule has 5 heteroatoms. The number of hydrogen-bond donors (Lipinski definition) is 2. The van der Waals surface area contributed by atoms with Crippen molar-refractivity contribution in [3.8, 4) is 11.5 Å². The third-order valence-electron chi connectivity index (χ3n) is 3.96. The Morgan fingerprint density at radius 3 is 2.40 bits per heavy atom. The number of likely N-dealkylation sites (N-methyl/N-ethyl adjacent to an activating group) is 1. The van der Waals surface area contributed by atoms with Crippen LogP contribution in [-0.2, 0) is 11.3 Å². The number of hydrogen-bond acceptors (Lipinski definition) is 3. The smallest absolute Gasteiger partial charge is 0.275 e. The first-order valence-corrected chi connectivity index (χ1v) is 8.63. The van der Waals surface area contributed by atoms with Crippen molar-refractivity contribution < 1.29 is 19.2 Å². The number of para-hydroxylation sites is 2. The normalized spacial score (nSPS) is 11.6. The summed E-state index contributed by atoms with van der Waals surface area (Å²) in [6, 6.07) is 17.7. The molecule has 2 rings (SSSR count). The van der Waals surface area contributed by atoms with Crippen LogP contribution in [0.2, 0.25) is 0 Å². The van der Waals surface area contributed by atoms with Gasteiger partial charge in [0.2, 0.25) is 0 Å². The first-order chi connectivity index (χ1) is 12.2. The first kappa shape index (κ1) is 18.8. The van der Waals surface area contributed by atoms with Gasteiger partial charge in [0.25, 0.3) is 5.91 Å². The minimum absolute atomic E-state index is 0.0383. The van der Waals surface area contributed by atoms with Gasteiger partial charge in [-0.15, -0.1) is 0 Å². The number of amides is 1. The van der Waals surface area contributed by atoms with Crippen molar-refractivity contribution in [3.63, 3.8) is 0 Å². The van der Waals surface area contributed by atoms with E-state index in [0.29, 0.717) is 31.2 Å². The topological polar surface area (TPSA) is 52.0 Å². The van der Waals surface area contributed by atoms with Crippen LogP contribution in [-0.4, -0.2) is 39.3 Å². The van der Waals surface area contributed by atoms with Crippen LogP contribution in [0, 0.1) is 0 Å². The molecule has 1 atom stereocenters. The van der Waals surface area contributed by atoms with Crippen LogP contribution in [0.15, 0.2) is 54.6 Å². The summed E-state index contributed by atoms with van der Waals surface area (Å²) in [6.45, 7) is 5.18. The van der Waals surface area contributed by atoms with E-state index in [2.05, 4.69) is 24.4 Å². The molecule has 0 radical (unpaired) electrons. The predicted octanol–water partition coefficient (Wildman–Crippen LogP) is 1.30. The summed E-state index contributed by atoms with van der Waals surface area (Å²) in [5.74, 6) is 1.42. The maximum absolute atomic E-state index is 12.1. The molecular weight excluding hydrogens is 316 g/mol. The lowest BCUT2D eigenvalue weighted by molar-refractivity contribution is -0.904. The second kappa shape index (κ2) is 10.4. The molecule has 1 unspecified atom stereocenters. The molecule has 2 aromatic rings. The number of quaternary nitrogens is 1. The maximum atomic E-state index is 12.1. The van der Waals surface area contributed by atoms with Crippen molar-refractivity contribution in [2.45, 2.75) is 13.5 Å². The van der Waals surface area contributed by atoms with E-state index in [9.17, 15) is 4.79 Å². The van der Waals surface area contributed by atoms with Gasteiger partial charge in [-0.3, -0.25) is 4.79 Å². The van der Waals surface area contributed by atoms with E-state index >= 15 is 0 Å². The summed E-state index contributed by atoms with van der Waals surface area (Å²) in [4.78, 5) is 13.4. The van der Waals surface area contributed by atoms with E-state index in [1.807, 2.05) is 42.5 Å². The van der Waals surface area contributed by atoms with Gasteiger partial charge in [0.15, 0.2) is 18.0 Å². The summed E-state index contributed by atoms with van der Waals surface area (Å²) in [5, 5.41) is 2.92. The molecule has 0 fully saturated rings. The lowest BCUT2D eigenvalue weighted by Crippen LogP contribution is -3.11. The Kier molecular flexibility index (Phi) is 7.79. The molecule has 2 N–H and O–H groups in total. The summed E-state index contributed by atoms with van der Waals surface area (Å²) >= 11 is 0. The van der Waals surface area contributed by atoms with Crippen LogP contribution in [0.5, 0.6) is 11.5 Å². The number of nitrogens with one attached hydrogen (secondary N) is 2. The Bertz CT molecular complexity index is 646. The highest BCUT2D eigenvalue weighted by Gasteiger charge is 2.12. The molecule has 0 aliphatic rings.